The van der Waals surface area contributed by atoms with E-state index in [1.165, 1.54) is 0 Å². The molecular weight excluding hydrogens is 414 g/mol. The summed E-state index contributed by atoms with van der Waals surface area (Å²) in [5.74, 6) is 0.729. The number of carbonyl (C=O) groups is 3. The van der Waals surface area contributed by atoms with Crippen molar-refractivity contribution in [3.8, 4) is 17.2 Å². The molecule has 2 atom stereocenters. The van der Waals surface area contributed by atoms with Gasteiger partial charge in [-0.25, -0.2) is 0 Å². The third kappa shape index (κ3) is 4.61. The van der Waals surface area contributed by atoms with Crippen LogP contribution in [0.5, 0.6) is 17.2 Å². The van der Waals surface area contributed by atoms with Crippen LogP contribution >= 0.6 is 0 Å². The maximum atomic E-state index is 12.7. The largest absolute Gasteiger partial charge is 0.497 e. The number of nitrogens with zero attached hydrogens (tertiary/aromatic N) is 1. The summed E-state index contributed by atoms with van der Waals surface area (Å²) < 4.78 is 15.7. The van der Waals surface area contributed by atoms with Crippen molar-refractivity contribution in [1.82, 2.24) is 10.6 Å². The Morgan fingerprint density at radius 1 is 1.16 bits per heavy atom. The van der Waals surface area contributed by atoms with Gasteiger partial charge in [-0.05, 0) is 48.9 Å². The standard InChI is InChI=1S/C23H25N3O6/c1-14(22(28)24-11-15-3-8-19-20(9-15)32-13-31-19)25-23(29)16-10-21(27)26(12-16)17-4-6-18(30-2)7-5-17/h3-9,14,16H,10-13H2,1-2H3,(H,24,28)(H,25,29). The van der Waals surface area contributed by atoms with Gasteiger partial charge in [-0.15, -0.1) is 0 Å². The number of amides is 3. The summed E-state index contributed by atoms with van der Waals surface area (Å²) in [7, 11) is 1.57. The minimum Gasteiger partial charge on any atom is -0.497 e. The molecule has 3 amide bonds. The molecule has 2 N–H and O–H groups in total. The van der Waals surface area contributed by atoms with Gasteiger partial charge in [-0.3, -0.25) is 14.4 Å². The molecule has 9 nitrogen and oxygen atoms in total. The van der Waals surface area contributed by atoms with Crippen LogP contribution in [-0.2, 0) is 20.9 Å². The van der Waals surface area contributed by atoms with Gasteiger partial charge in [0.2, 0.25) is 24.5 Å². The molecule has 2 aliphatic rings. The van der Waals surface area contributed by atoms with E-state index in [9.17, 15) is 14.4 Å². The lowest BCUT2D eigenvalue weighted by Gasteiger charge is -2.18. The van der Waals surface area contributed by atoms with E-state index in [4.69, 9.17) is 14.2 Å². The fourth-order valence-corrected chi connectivity index (χ4v) is 3.68. The van der Waals surface area contributed by atoms with Crippen molar-refractivity contribution in [2.75, 3.05) is 25.3 Å². The van der Waals surface area contributed by atoms with Crippen molar-refractivity contribution in [3.63, 3.8) is 0 Å². The van der Waals surface area contributed by atoms with Gasteiger partial charge in [0.25, 0.3) is 0 Å². The Kier molecular flexibility index (Phi) is 6.16. The zero-order valence-electron chi connectivity index (χ0n) is 17.9. The Labute approximate surface area is 185 Å². The van der Waals surface area contributed by atoms with Crippen LogP contribution in [0.4, 0.5) is 5.69 Å². The summed E-state index contributed by atoms with van der Waals surface area (Å²) in [5.41, 5.74) is 1.57. The molecule has 4 rings (SSSR count). The molecule has 168 valence electrons. The number of rotatable bonds is 7. The third-order valence-corrected chi connectivity index (χ3v) is 5.54. The first-order valence-electron chi connectivity index (χ1n) is 10.4. The van der Waals surface area contributed by atoms with Crippen molar-refractivity contribution in [1.29, 1.82) is 0 Å². The van der Waals surface area contributed by atoms with Crippen LogP contribution in [0, 0.1) is 5.92 Å². The van der Waals surface area contributed by atoms with Crippen LogP contribution in [0.25, 0.3) is 0 Å². The molecule has 2 aromatic carbocycles. The van der Waals surface area contributed by atoms with Crippen LogP contribution < -0.4 is 29.7 Å². The summed E-state index contributed by atoms with van der Waals surface area (Å²) in [4.78, 5) is 39.1. The lowest BCUT2D eigenvalue weighted by atomic mass is 10.1. The molecule has 1 saturated heterocycles. The second-order valence-electron chi connectivity index (χ2n) is 7.74. The van der Waals surface area contributed by atoms with Crippen molar-refractivity contribution in [2.45, 2.75) is 25.9 Å². The van der Waals surface area contributed by atoms with E-state index >= 15 is 0 Å². The highest BCUT2D eigenvalue weighted by atomic mass is 16.7. The number of benzene rings is 2. The monoisotopic (exact) mass is 439 g/mol. The summed E-state index contributed by atoms with van der Waals surface area (Å²) in [5, 5.41) is 5.52. The van der Waals surface area contributed by atoms with Gasteiger partial charge in [-0.1, -0.05) is 6.07 Å². The van der Waals surface area contributed by atoms with Gasteiger partial charge in [0.15, 0.2) is 11.5 Å². The molecule has 2 aromatic rings. The molecule has 0 bridgehead atoms. The van der Waals surface area contributed by atoms with Crippen LogP contribution in [0.1, 0.15) is 18.9 Å². The predicted molar refractivity (Wildman–Crippen MR) is 115 cm³/mol. The Bertz CT molecular complexity index is 1020. The smallest absolute Gasteiger partial charge is 0.242 e. The van der Waals surface area contributed by atoms with E-state index in [-0.39, 0.29) is 37.5 Å². The lowest BCUT2D eigenvalue weighted by Crippen LogP contribution is -2.46. The summed E-state index contributed by atoms with van der Waals surface area (Å²) in [6.07, 6.45) is 0.101. The summed E-state index contributed by atoms with van der Waals surface area (Å²) in [6, 6.07) is 11.8. The van der Waals surface area contributed by atoms with Crippen molar-refractivity contribution in [2.24, 2.45) is 5.92 Å². The van der Waals surface area contributed by atoms with E-state index in [0.717, 1.165) is 5.56 Å². The fraction of sp³-hybridized carbons (Fsp3) is 0.348. The Morgan fingerprint density at radius 3 is 2.66 bits per heavy atom. The highest BCUT2D eigenvalue weighted by molar-refractivity contribution is 6.01. The third-order valence-electron chi connectivity index (χ3n) is 5.54. The van der Waals surface area contributed by atoms with Gasteiger partial charge in [0.05, 0.1) is 13.0 Å². The number of hydrogen-bond donors (Lipinski definition) is 2. The van der Waals surface area contributed by atoms with E-state index in [0.29, 0.717) is 29.5 Å². The van der Waals surface area contributed by atoms with Gasteiger partial charge in [-0.2, -0.15) is 0 Å². The molecule has 32 heavy (non-hydrogen) atoms. The predicted octanol–water partition coefficient (Wildman–Crippen LogP) is 1.60. The first-order valence-corrected chi connectivity index (χ1v) is 10.4. The van der Waals surface area contributed by atoms with Crippen LogP contribution in [-0.4, -0.2) is 44.2 Å². The molecule has 1 fully saturated rings. The minimum atomic E-state index is -0.735. The Balaban J connectivity index is 1.28. The zero-order valence-corrected chi connectivity index (χ0v) is 17.9. The normalized spacial score (nSPS) is 17.8. The summed E-state index contributed by atoms with van der Waals surface area (Å²) in [6.45, 7) is 2.37. The van der Waals surface area contributed by atoms with Crippen LogP contribution in [0.3, 0.4) is 0 Å². The first-order chi connectivity index (χ1) is 15.4. The van der Waals surface area contributed by atoms with E-state index in [2.05, 4.69) is 10.6 Å². The van der Waals surface area contributed by atoms with E-state index < -0.39 is 12.0 Å². The van der Waals surface area contributed by atoms with Crippen LogP contribution in [0.15, 0.2) is 42.5 Å². The zero-order chi connectivity index (χ0) is 22.7. The van der Waals surface area contributed by atoms with Crippen molar-refractivity contribution in [3.05, 3.63) is 48.0 Å². The van der Waals surface area contributed by atoms with E-state index in [1.807, 2.05) is 12.1 Å². The molecule has 2 heterocycles. The average molecular weight is 439 g/mol. The topological polar surface area (TPSA) is 106 Å². The van der Waals surface area contributed by atoms with Crippen molar-refractivity contribution < 1.29 is 28.6 Å². The maximum Gasteiger partial charge on any atom is 0.242 e. The number of fused-ring (bicyclic) bond motifs is 1. The average Bonchev–Trinajstić information content (AvgIpc) is 3.43. The lowest BCUT2D eigenvalue weighted by molar-refractivity contribution is -0.131. The molecule has 2 aliphatic heterocycles. The SMILES string of the molecule is COc1ccc(N2CC(C(=O)NC(C)C(=O)NCc3ccc4c(c3)OCO4)CC2=O)cc1. The Hall–Kier alpha value is -3.75. The number of ether oxygens (including phenoxy) is 3. The molecule has 0 aromatic heterocycles. The second-order valence-corrected chi connectivity index (χ2v) is 7.74. The van der Waals surface area contributed by atoms with Gasteiger partial charge in [0, 0.05) is 25.2 Å². The number of nitrogens with one attached hydrogen (secondary N) is 2. The molecule has 9 heteroatoms. The molecular formula is C23H25N3O6. The number of carbonyl (C=O) groups excluding carboxylic acids is 3. The van der Waals surface area contributed by atoms with Gasteiger partial charge in [0.1, 0.15) is 11.8 Å². The summed E-state index contributed by atoms with van der Waals surface area (Å²) >= 11 is 0. The second kappa shape index (κ2) is 9.17. The molecule has 0 spiro atoms. The maximum absolute atomic E-state index is 12.7. The number of hydrogen-bond acceptors (Lipinski definition) is 6. The number of anilines is 1. The molecule has 0 saturated carbocycles. The van der Waals surface area contributed by atoms with Crippen molar-refractivity contribution >= 4 is 23.4 Å². The highest BCUT2D eigenvalue weighted by Crippen LogP contribution is 2.32. The highest BCUT2D eigenvalue weighted by Gasteiger charge is 2.36. The fourth-order valence-electron chi connectivity index (χ4n) is 3.68. The molecule has 0 radical (unpaired) electrons. The Morgan fingerprint density at radius 2 is 1.91 bits per heavy atom. The molecule has 2 unspecified atom stereocenters. The number of methoxy groups -OCH3 is 1. The first kappa shape index (κ1) is 21.5. The van der Waals surface area contributed by atoms with Crippen LogP contribution in [0.2, 0.25) is 0 Å². The minimum absolute atomic E-state index is 0.101. The molecule has 0 aliphatic carbocycles. The van der Waals surface area contributed by atoms with E-state index in [1.54, 1.807) is 49.3 Å². The van der Waals surface area contributed by atoms with Gasteiger partial charge < -0.3 is 29.7 Å². The van der Waals surface area contributed by atoms with Gasteiger partial charge >= 0.3 is 0 Å². The quantitative estimate of drug-likeness (QED) is 0.679.